The van der Waals surface area contributed by atoms with Gasteiger partial charge < -0.3 is 15.0 Å². The largest absolute Gasteiger partial charge is 0.465 e. The van der Waals surface area contributed by atoms with Crippen LogP contribution in [0, 0.1) is 20.8 Å². The summed E-state index contributed by atoms with van der Waals surface area (Å²) in [7, 11) is 1.27. The van der Waals surface area contributed by atoms with Crippen LogP contribution in [-0.4, -0.2) is 39.5 Å². The first-order valence-electron chi connectivity index (χ1n) is 10.4. The number of H-pyrrole nitrogens is 1. The number of aromatic amines is 1. The van der Waals surface area contributed by atoms with E-state index in [-0.39, 0.29) is 23.7 Å². The summed E-state index contributed by atoms with van der Waals surface area (Å²) in [5.74, 6) is -1.07. The van der Waals surface area contributed by atoms with Gasteiger partial charge in [0, 0.05) is 30.4 Å². The van der Waals surface area contributed by atoms with E-state index < -0.39 is 5.97 Å². The van der Waals surface area contributed by atoms with Crippen LogP contribution in [0.15, 0.2) is 30.3 Å². The molecule has 1 aromatic carbocycles. The highest BCUT2D eigenvalue weighted by Gasteiger charge is 2.24. The second-order valence-electron chi connectivity index (χ2n) is 7.77. The third kappa shape index (κ3) is 4.80. The summed E-state index contributed by atoms with van der Waals surface area (Å²) < 4.78 is 6.76. The number of esters is 1. The van der Waals surface area contributed by atoms with Crippen LogP contribution in [0.5, 0.6) is 0 Å². The second kappa shape index (κ2) is 9.64. The highest BCUT2D eigenvalue weighted by atomic mass is 16.5. The van der Waals surface area contributed by atoms with E-state index >= 15 is 0 Å². The topological polar surface area (TPSA) is 106 Å². The second-order valence-corrected chi connectivity index (χ2v) is 7.77. The van der Waals surface area contributed by atoms with Gasteiger partial charge in [0.1, 0.15) is 0 Å². The number of hydrogen-bond acceptors (Lipinski definition) is 5. The Bertz CT molecular complexity index is 1160. The minimum absolute atomic E-state index is 0.0746. The Morgan fingerprint density at radius 1 is 1.12 bits per heavy atom. The zero-order valence-electron chi connectivity index (χ0n) is 19.0. The lowest BCUT2D eigenvalue weighted by Gasteiger charge is -2.08. The van der Waals surface area contributed by atoms with E-state index in [4.69, 9.17) is 4.74 Å². The maximum absolute atomic E-state index is 12.7. The van der Waals surface area contributed by atoms with Crippen LogP contribution < -0.4 is 5.32 Å². The van der Waals surface area contributed by atoms with E-state index in [1.54, 1.807) is 6.92 Å². The highest BCUT2D eigenvalue weighted by Crippen LogP contribution is 2.21. The lowest BCUT2D eigenvalue weighted by molar-refractivity contribution is -0.120. The van der Waals surface area contributed by atoms with Crippen LogP contribution in [0.2, 0.25) is 0 Å². The van der Waals surface area contributed by atoms with Crippen LogP contribution in [0.4, 0.5) is 0 Å². The molecule has 3 rings (SSSR count). The van der Waals surface area contributed by atoms with Gasteiger partial charge in [-0.1, -0.05) is 30.3 Å². The molecule has 32 heavy (non-hydrogen) atoms. The maximum atomic E-state index is 12.7. The maximum Gasteiger partial charge on any atom is 0.339 e. The molecule has 0 radical (unpaired) electrons. The summed E-state index contributed by atoms with van der Waals surface area (Å²) in [6.45, 7) is 7.93. The van der Waals surface area contributed by atoms with E-state index in [2.05, 4.69) is 15.4 Å². The molecule has 8 nitrogen and oxygen atoms in total. The van der Waals surface area contributed by atoms with Crippen LogP contribution in [0.3, 0.4) is 0 Å². The zero-order chi connectivity index (χ0) is 23.4. The number of methoxy groups -OCH3 is 1. The van der Waals surface area contributed by atoms with E-state index in [1.165, 1.54) is 14.0 Å². The van der Waals surface area contributed by atoms with Gasteiger partial charge in [-0.25, -0.2) is 4.79 Å². The van der Waals surface area contributed by atoms with Crippen molar-refractivity contribution in [3.8, 4) is 0 Å². The van der Waals surface area contributed by atoms with Crippen molar-refractivity contribution in [3.63, 3.8) is 0 Å². The van der Waals surface area contributed by atoms with Gasteiger partial charge in [-0.05, 0) is 31.9 Å². The third-order valence-electron chi connectivity index (χ3n) is 5.58. The number of hydrogen-bond donors (Lipinski definition) is 2. The fourth-order valence-corrected chi connectivity index (χ4v) is 3.83. The molecule has 0 saturated heterocycles. The molecular weight excluding hydrogens is 408 g/mol. The normalized spacial score (nSPS) is 10.8. The Morgan fingerprint density at radius 2 is 1.81 bits per heavy atom. The highest BCUT2D eigenvalue weighted by molar-refractivity contribution is 6.01. The fourth-order valence-electron chi connectivity index (χ4n) is 3.83. The number of carbonyl (C=O) groups is 3. The average Bonchev–Trinajstić information content (AvgIpc) is 3.22. The molecule has 2 aromatic heterocycles. The van der Waals surface area contributed by atoms with E-state index in [0.29, 0.717) is 30.0 Å². The summed E-state index contributed by atoms with van der Waals surface area (Å²) >= 11 is 0. The average molecular weight is 437 g/mol. The van der Waals surface area contributed by atoms with Crippen molar-refractivity contribution in [1.82, 2.24) is 20.1 Å². The fraction of sp³-hybridized carbons (Fsp3) is 0.333. The SMILES string of the molecule is COC(=O)c1c(CC(=O)NCc2c(C)nn(Cc3ccccc3)c2C)[nH]c(C(C)=O)c1C. The molecule has 1 amide bonds. The van der Waals surface area contributed by atoms with E-state index in [1.807, 2.05) is 48.9 Å². The number of aromatic nitrogens is 3. The summed E-state index contributed by atoms with van der Waals surface area (Å²) in [4.78, 5) is 39.6. The Balaban J connectivity index is 1.73. The Hall–Kier alpha value is -3.68. The van der Waals surface area contributed by atoms with Crippen molar-refractivity contribution >= 4 is 17.7 Å². The molecule has 0 fully saturated rings. The predicted molar refractivity (Wildman–Crippen MR) is 120 cm³/mol. The van der Waals surface area contributed by atoms with Crippen LogP contribution in [-0.2, 0) is 29.0 Å². The number of nitrogens with one attached hydrogen (secondary N) is 2. The van der Waals surface area contributed by atoms with Gasteiger partial charge in [-0.3, -0.25) is 14.3 Å². The Labute approximate surface area is 187 Å². The van der Waals surface area contributed by atoms with Gasteiger partial charge in [-0.15, -0.1) is 0 Å². The number of ketones is 1. The van der Waals surface area contributed by atoms with Gasteiger partial charge >= 0.3 is 5.97 Å². The summed E-state index contributed by atoms with van der Waals surface area (Å²) in [5, 5.41) is 7.51. The van der Waals surface area contributed by atoms with Crippen molar-refractivity contribution < 1.29 is 19.1 Å². The number of benzene rings is 1. The number of ether oxygens (including phenoxy) is 1. The van der Waals surface area contributed by atoms with E-state index in [0.717, 1.165) is 22.5 Å². The van der Waals surface area contributed by atoms with Gasteiger partial charge in [0.25, 0.3) is 0 Å². The molecule has 0 aliphatic rings. The number of carbonyl (C=O) groups excluding carboxylic acids is 3. The van der Waals surface area contributed by atoms with E-state index in [9.17, 15) is 14.4 Å². The molecule has 2 heterocycles. The molecule has 0 saturated carbocycles. The first kappa shape index (κ1) is 23.0. The standard InChI is InChI=1S/C24H28N4O4/c1-14-22(24(31)32-5)20(26-23(14)17(4)29)11-21(30)25-12-19-15(2)27-28(16(19)3)13-18-9-7-6-8-10-18/h6-10,26H,11-13H2,1-5H3,(H,25,30). The Kier molecular flexibility index (Phi) is 6.92. The minimum atomic E-state index is -0.581. The summed E-state index contributed by atoms with van der Waals surface area (Å²) in [5.41, 5.74) is 5.33. The Morgan fingerprint density at radius 3 is 2.44 bits per heavy atom. The van der Waals surface area contributed by atoms with Crippen molar-refractivity contribution in [1.29, 1.82) is 0 Å². The quantitative estimate of drug-likeness (QED) is 0.417. The number of aryl methyl sites for hydroxylation is 1. The molecule has 8 heteroatoms. The smallest absolute Gasteiger partial charge is 0.339 e. The van der Waals surface area contributed by atoms with Crippen molar-refractivity contribution in [2.45, 2.75) is 47.2 Å². The molecule has 0 aliphatic carbocycles. The van der Waals surface area contributed by atoms with Gasteiger partial charge in [-0.2, -0.15) is 5.10 Å². The monoisotopic (exact) mass is 436 g/mol. The lowest BCUT2D eigenvalue weighted by Crippen LogP contribution is -2.26. The molecule has 0 bridgehead atoms. The molecule has 168 valence electrons. The molecule has 0 spiro atoms. The van der Waals surface area contributed by atoms with Crippen LogP contribution in [0.1, 0.15) is 61.5 Å². The molecule has 2 N–H and O–H groups in total. The minimum Gasteiger partial charge on any atom is -0.465 e. The zero-order valence-corrected chi connectivity index (χ0v) is 19.0. The van der Waals surface area contributed by atoms with Crippen LogP contribution >= 0.6 is 0 Å². The molecule has 0 aliphatic heterocycles. The first-order valence-corrected chi connectivity index (χ1v) is 10.4. The molecule has 0 unspecified atom stereocenters. The van der Waals surface area contributed by atoms with Crippen molar-refractivity contribution in [2.75, 3.05) is 7.11 Å². The van der Waals surface area contributed by atoms with Gasteiger partial charge in [0.15, 0.2) is 5.78 Å². The molecule has 3 aromatic rings. The first-order chi connectivity index (χ1) is 15.2. The summed E-state index contributed by atoms with van der Waals surface area (Å²) in [6.07, 6.45) is -0.0746. The van der Waals surface area contributed by atoms with Gasteiger partial charge in [0.05, 0.1) is 37.0 Å². The predicted octanol–water partition coefficient (Wildman–Crippen LogP) is 3.03. The number of Topliss-reactive ketones (excluding diaryl/α,β-unsaturated/α-hetero) is 1. The van der Waals surface area contributed by atoms with Crippen molar-refractivity contribution in [3.05, 3.63) is 75.4 Å². The van der Waals surface area contributed by atoms with Crippen LogP contribution in [0.25, 0.3) is 0 Å². The third-order valence-corrected chi connectivity index (χ3v) is 5.58. The number of amides is 1. The number of nitrogens with zero attached hydrogens (tertiary/aromatic N) is 2. The van der Waals surface area contributed by atoms with Gasteiger partial charge in [0.2, 0.25) is 5.91 Å². The molecular formula is C24H28N4O4. The number of rotatable bonds is 8. The van der Waals surface area contributed by atoms with Crippen molar-refractivity contribution in [2.24, 2.45) is 0 Å². The lowest BCUT2D eigenvalue weighted by atomic mass is 10.1. The molecule has 0 atom stereocenters. The summed E-state index contributed by atoms with van der Waals surface area (Å²) in [6, 6.07) is 10.0.